The van der Waals surface area contributed by atoms with Crippen LogP contribution in [0.5, 0.6) is 0 Å². The number of hydrogen-bond donors (Lipinski definition) is 2. The van der Waals surface area contributed by atoms with Crippen LogP contribution >= 0.6 is 43.2 Å². The van der Waals surface area contributed by atoms with Crippen LogP contribution in [0, 0.1) is 6.92 Å². The molecular weight excluding hydrogens is 384 g/mol. The summed E-state index contributed by atoms with van der Waals surface area (Å²) in [5, 5.41) is 8.90. The van der Waals surface area contributed by atoms with Crippen molar-refractivity contribution in [2.75, 3.05) is 6.61 Å². The summed E-state index contributed by atoms with van der Waals surface area (Å²) >= 11 is 8.30. The number of hydrogen-bond acceptors (Lipinski definition) is 4. The van der Waals surface area contributed by atoms with E-state index in [9.17, 15) is 4.79 Å². The number of H-pyrrole nitrogens is 1. The van der Waals surface area contributed by atoms with Gasteiger partial charge >= 0.3 is 0 Å². The molecule has 0 aromatic carbocycles. The Hall–Kier alpha value is -0.500. The van der Waals surface area contributed by atoms with E-state index in [0.29, 0.717) is 23.5 Å². The Balaban J connectivity index is 2.51. The van der Waals surface area contributed by atoms with Crippen LogP contribution in [-0.2, 0) is 6.42 Å². The van der Waals surface area contributed by atoms with Gasteiger partial charge in [-0.3, -0.25) is 4.79 Å². The van der Waals surface area contributed by atoms with Crippen molar-refractivity contribution in [1.82, 2.24) is 9.97 Å². The lowest BCUT2D eigenvalue weighted by Crippen LogP contribution is -2.18. The summed E-state index contributed by atoms with van der Waals surface area (Å²) in [7, 11) is 0. The van der Waals surface area contributed by atoms with Gasteiger partial charge in [0.1, 0.15) is 0 Å². The fourth-order valence-electron chi connectivity index (χ4n) is 1.60. The first-order valence-electron chi connectivity index (χ1n) is 5.18. The molecule has 2 rings (SSSR count). The van der Waals surface area contributed by atoms with Crippen molar-refractivity contribution < 1.29 is 5.11 Å². The van der Waals surface area contributed by atoms with Gasteiger partial charge in [-0.05, 0) is 44.8 Å². The van der Waals surface area contributed by atoms with Crippen LogP contribution in [0.3, 0.4) is 0 Å². The second-order valence-corrected chi connectivity index (χ2v) is 6.91. The molecule has 0 aliphatic heterocycles. The topological polar surface area (TPSA) is 66.0 Å². The molecule has 2 N–H and O–H groups in total. The second kappa shape index (κ2) is 5.64. The van der Waals surface area contributed by atoms with Gasteiger partial charge in [0.05, 0.1) is 8.66 Å². The van der Waals surface area contributed by atoms with Crippen LogP contribution in [0.1, 0.15) is 11.3 Å². The fraction of sp³-hybridized carbons (Fsp3) is 0.273. The molecule has 0 radical (unpaired) electrons. The van der Waals surface area contributed by atoms with Crippen molar-refractivity contribution in [3.05, 3.63) is 35.9 Å². The molecule has 2 aromatic rings. The average Bonchev–Trinajstić information content (AvgIpc) is 2.64. The van der Waals surface area contributed by atoms with Crippen molar-refractivity contribution >= 4 is 43.2 Å². The number of rotatable bonds is 3. The van der Waals surface area contributed by atoms with Gasteiger partial charge < -0.3 is 10.1 Å². The summed E-state index contributed by atoms with van der Waals surface area (Å²) in [5.74, 6) is 0.551. The van der Waals surface area contributed by atoms with Crippen molar-refractivity contribution in [3.8, 4) is 10.7 Å². The Morgan fingerprint density at radius 1 is 1.50 bits per heavy atom. The zero-order valence-electron chi connectivity index (χ0n) is 9.46. The number of aromatic amines is 1. The number of aryl methyl sites for hydroxylation is 1. The third kappa shape index (κ3) is 2.74. The summed E-state index contributed by atoms with van der Waals surface area (Å²) in [5.41, 5.74) is 1.01. The molecule has 0 aliphatic rings. The first kappa shape index (κ1) is 13.9. The quantitative estimate of drug-likeness (QED) is 0.842. The SMILES string of the molecule is Cc1nc(-c2cc(Br)c(Br)s2)[nH]c(=O)c1CCO. The molecule has 7 heteroatoms. The van der Waals surface area contributed by atoms with Crippen molar-refractivity contribution in [1.29, 1.82) is 0 Å². The van der Waals surface area contributed by atoms with Gasteiger partial charge in [-0.2, -0.15) is 0 Å². The summed E-state index contributed by atoms with van der Waals surface area (Å²) in [6, 6.07) is 1.90. The van der Waals surface area contributed by atoms with E-state index in [1.54, 1.807) is 6.92 Å². The highest BCUT2D eigenvalue weighted by Crippen LogP contribution is 2.36. The lowest BCUT2D eigenvalue weighted by atomic mass is 10.2. The highest BCUT2D eigenvalue weighted by Gasteiger charge is 2.12. The number of nitrogens with zero attached hydrogens (tertiary/aromatic N) is 1. The number of aliphatic hydroxyl groups excluding tert-OH is 1. The normalized spacial score (nSPS) is 10.9. The van der Waals surface area contributed by atoms with Crippen molar-refractivity contribution in [2.24, 2.45) is 0 Å². The lowest BCUT2D eigenvalue weighted by Gasteiger charge is -2.04. The van der Waals surface area contributed by atoms with Crippen molar-refractivity contribution in [2.45, 2.75) is 13.3 Å². The van der Waals surface area contributed by atoms with Crippen LogP contribution in [-0.4, -0.2) is 21.7 Å². The average molecular weight is 394 g/mol. The maximum atomic E-state index is 11.9. The Labute approximate surface area is 124 Å². The molecule has 2 heterocycles. The molecule has 4 nitrogen and oxygen atoms in total. The number of nitrogens with one attached hydrogen (secondary N) is 1. The molecule has 0 spiro atoms. The minimum Gasteiger partial charge on any atom is -0.396 e. The third-order valence-corrected chi connectivity index (χ3v) is 5.73. The van der Waals surface area contributed by atoms with Gasteiger partial charge in [0, 0.05) is 28.8 Å². The molecule has 0 amide bonds. The highest BCUT2D eigenvalue weighted by atomic mass is 79.9. The molecule has 96 valence electrons. The fourth-order valence-corrected chi connectivity index (χ4v) is 3.58. The monoisotopic (exact) mass is 392 g/mol. The third-order valence-electron chi connectivity index (χ3n) is 2.46. The second-order valence-electron chi connectivity index (χ2n) is 3.68. The molecule has 0 bridgehead atoms. The van der Waals surface area contributed by atoms with E-state index in [4.69, 9.17) is 5.11 Å². The van der Waals surface area contributed by atoms with Gasteiger partial charge in [-0.1, -0.05) is 0 Å². The molecule has 2 aromatic heterocycles. The smallest absolute Gasteiger partial charge is 0.254 e. The Morgan fingerprint density at radius 2 is 2.22 bits per heavy atom. The molecule has 0 aliphatic carbocycles. The summed E-state index contributed by atoms with van der Waals surface area (Å²) < 4.78 is 1.89. The van der Waals surface area contributed by atoms with Crippen molar-refractivity contribution in [3.63, 3.8) is 0 Å². The minimum absolute atomic E-state index is 0.0545. The summed E-state index contributed by atoms with van der Waals surface area (Å²) in [6.07, 6.45) is 0.326. The largest absolute Gasteiger partial charge is 0.396 e. The number of thiophene rings is 1. The molecule has 0 unspecified atom stereocenters. The van der Waals surface area contributed by atoms with Gasteiger partial charge in [-0.25, -0.2) is 4.98 Å². The molecular formula is C11H10Br2N2O2S. The summed E-state index contributed by atoms with van der Waals surface area (Å²) in [6.45, 7) is 1.72. The molecule has 0 saturated heterocycles. The first-order chi connectivity index (χ1) is 8.52. The Morgan fingerprint density at radius 3 is 2.72 bits per heavy atom. The summed E-state index contributed by atoms with van der Waals surface area (Å²) in [4.78, 5) is 19.9. The molecule has 0 fully saturated rings. The van der Waals surface area contributed by atoms with E-state index in [1.807, 2.05) is 6.07 Å². The van der Waals surface area contributed by atoms with E-state index < -0.39 is 0 Å². The van der Waals surface area contributed by atoms with E-state index in [0.717, 1.165) is 13.1 Å². The van der Waals surface area contributed by atoms with Crippen LogP contribution in [0.4, 0.5) is 0 Å². The molecule has 18 heavy (non-hydrogen) atoms. The van der Waals surface area contributed by atoms with Crippen LogP contribution in [0.2, 0.25) is 0 Å². The van der Waals surface area contributed by atoms with Crippen LogP contribution in [0.15, 0.2) is 19.1 Å². The molecule has 0 saturated carbocycles. The van der Waals surface area contributed by atoms with E-state index in [1.165, 1.54) is 11.3 Å². The minimum atomic E-state index is -0.188. The first-order valence-corrected chi connectivity index (χ1v) is 7.59. The maximum absolute atomic E-state index is 11.9. The highest BCUT2D eigenvalue weighted by molar-refractivity contribution is 9.13. The number of aromatic nitrogens is 2. The van der Waals surface area contributed by atoms with E-state index in [2.05, 4.69) is 41.8 Å². The van der Waals surface area contributed by atoms with Crippen LogP contribution < -0.4 is 5.56 Å². The zero-order valence-corrected chi connectivity index (χ0v) is 13.4. The standard InChI is InChI=1S/C11H10Br2N2O2S/c1-5-6(2-3-16)11(17)15-10(14-5)8-4-7(12)9(13)18-8/h4,16H,2-3H2,1H3,(H,14,15,17). The van der Waals surface area contributed by atoms with E-state index >= 15 is 0 Å². The predicted molar refractivity (Wildman–Crippen MR) is 79.1 cm³/mol. The van der Waals surface area contributed by atoms with Gasteiger partial charge in [0.15, 0.2) is 5.82 Å². The number of halogens is 2. The molecule has 0 atom stereocenters. The number of aliphatic hydroxyl groups is 1. The predicted octanol–water partition coefficient (Wildman–Crippen LogP) is 2.87. The maximum Gasteiger partial charge on any atom is 0.254 e. The zero-order chi connectivity index (χ0) is 13.3. The van der Waals surface area contributed by atoms with E-state index in [-0.39, 0.29) is 12.2 Å². The van der Waals surface area contributed by atoms with Gasteiger partial charge in [-0.15, -0.1) is 11.3 Å². The lowest BCUT2D eigenvalue weighted by molar-refractivity contribution is 0.298. The van der Waals surface area contributed by atoms with Gasteiger partial charge in [0.2, 0.25) is 0 Å². The van der Waals surface area contributed by atoms with Gasteiger partial charge in [0.25, 0.3) is 5.56 Å². The Bertz CT molecular complexity index is 617. The van der Waals surface area contributed by atoms with Crippen LogP contribution in [0.25, 0.3) is 10.7 Å². The Kier molecular flexibility index (Phi) is 4.37.